The number of fused-ring (bicyclic) bond motifs is 1. The van der Waals surface area contributed by atoms with Gasteiger partial charge in [0.2, 0.25) is 0 Å². The first kappa shape index (κ1) is 15.3. The van der Waals surface area contributed by atoms with Crippen LogP contribution >= 0.6 is 0 Å². The zero-order valence-corrected chi connectivity index (χ0v) is 12.3. The number of hydrogen-bond acceptors (Lipinski definition) is 4. The lowest BCUT2D eigenvalue weighted by atomic mass is 10.1. The van der Waals surface area contributed by atoms with Gasteiger partial charge in [-0.2, -0.15) is 0 Å². The third-order valence-electron chi connectivity index (χ3n) is 3.39. The van der Waals surface area contributed by atoms with Crippen molar-refractivity contribution in [2.75, 3.05) is 38.7 Å². The molecule has 6 nitrogen and oxygen atoms in total. The van der Waals surface area contributed by atoms with Gasteiger partial charge < -0.3 is 19.6 Å². The molecule has 2 rings (SSSR count). The lowest BCUT2D eigenvalue weighted by molar-refractivity contribution is -0.121. The van der Waals surface area contributed by atoms with E-state index in [1.165, 1.54) is 12.1 Å². The Kier molecular flexibility index (Phi) is 4.80. The third kappa shape index (κ3) is 3.72. The van der Waals surface area contributed by atoms with Crippen LogP contribution in [0.15, 0.2) is 18.2 Å². The number of ether oxygens (including phenoxy) is 1. The van der Waals surface area contributed by atoms with E-state index in [0.29, 0.717) is 18.0 Å². The zero-order chi connectivity index (χ0) is 15.4. The Balaban J connectivity index is 2.09. The normalized spacial score (nSPS) is 14.0. The molecule has 114 valence electrons. The summed E-state index contributed by atoms with van der Waals surface area (Å²) in [5.74, 6) is -0.631. The summed E-state index contributed by atoms with van der Waals surface area (Å²) in [6, 6.07) is 4.61. The number of carbonyl (C=O) groups is 2. The molecule has 0 saturated heterocycles. The lowest BCUT2D eigenvalue weighted by Gasteiger charge is -2.29. The molecular weight excluding hydrogens is 272 g/mol. The topological polar surface area (TPSA) is 70.1 Å². The van der Waals surface area contributed by atoms with Crippen LogP contribution in [0.3, 0.4) is 0 Å². The van der Waals surface area contributed by atoms with Gasteiger partial charge in [-0.3, -0.25) is 4.79 Å². The summed E-state index contributed by atoms with van der Waals surface area (Å²) in [6.45, 7) is 1.56. The maximum atomic E-state index is 12.0. The minimum absolute atomic E-state index is 0.0379. The molecule has 1 amide bonds. The van der Waals surface area contributed by atoms with Crippen LogP contribution in [0.1, 0.15) is 23.2 Å². The summed E-state index contributed by atoms with van der Waals surface area (Å²) < 4.78 is 5.34. The van der Waals surface area contributed by atoms with E-state index in [1.54, 1.807) is 11.0 Å². The largest absolute Gasteiger partial charge is 0.482 e. The monoisotopic (exact) mass is 292 g/mol. The molecule has 0 unspecified atom stereocenters. The highest BCUT2D eigenvalue weighted by Crippen LogP contribution is 2.33. The van der Waals surface area contributed by atoms with Crippen LogP contribution in [-0.2, 0) is 4.79 Å². The molecule has 21 heavy (non-hydrogen) atoms. The SMILES string of the molecule is CN(C)CCCCN1C(=O)COc2cc(C(=O)O)ccc21. The first-order chi connectivity index (χ1) is 9.99. The van der Waals surface area contributed by atoms with Crippen LogP contribution in [0.25, 0.3) is 0 Å². The number of anilines is 1. The van der Waals surface area contributed by atoms with E-state index >= 15 is 0 Å². The number of carboxylic acids is 1. The van der Waals surface area contributed by atoms with Crippen LogP contribution in [0, 0.1) is 0 Å². The minimum atomic E-state index is -1.00. The molecule has 0 spiro atoms. The third-order valence-corrected chi connectivity index (χ3v) is 3.39. The number of unbranched alkanes of at least 4 members (excludes halogenated alkanes) is 1. The Morgan fingerprint density at radius 2 is 2.14 bits per heavy atom. The summed E-state index contributed by atoms with van der Waals surface area (Å²) in [5.41, 5.74) is 0.816. The molecule has 6 heteroatoms. The standard InChI is InChI=1S/C15H20N2O4/c1-16(2)7-3-4-8-17-12-6-5-11(15(19)20)9-13(12)21-10-14(17)18/h5-6,9H,3-4,7-8,10H2,1-2H3,(H,19,20). The van der Waals surface area contributed by atoms with E-state index in [1.807, 2.05) is 14.1 Å². The van der Waals surface area contributed by atoms with Crippen LogP contribution in [0.5, 0.6) is 5.75 Å². The van der Waals surface area contributed by atoms with Gasteiger partial charge >= 0.3 is 5.97 Å². The van der Waals surface area contributed by atoms with Gasteiger partial charge in [-0.25, -0.2) is 4.79 Å². The maximum Gasteiger partial charge on any atom is 0.335 e. The Hall–Kier alpha value is -2.08. The molecule has 0 atom stereocenters. The molecule has 1 aromatic carbocycles. The van der Waals surface area contributed by atoms with E-state index in [0.717, 1.165) is 19.4 Å². The Labute approximate surface area is 123 Å². The molecule has 0 radical (unpaired) electrons. The molecule has 0 aromatic heterocycles. The maximum absolute atomic E-state index is 12.0. The molecule has 0 saturated carbocycles. The number of carbonyl (C=O) groups excluding carboxylic acids is 1. The fourth-order valence-electron chi connectivity index (χ4n) is 2.28. The second-order valence-corrected chi connectivity index (χ2v) is 5.33. The van der Waals surface area contributed by atoms with E-state index < -0.39 is 5.97 Å². The Bertz CT molecular complexity index is 542. The zero-order valence-electron chi connectivity index (χ0n) is 12.3. The van der Waals surface area contributed by atoms with Crippen molar-refractivity contribution in [1.82, 2.24) is 4.90 Å². The summed E-state index contributed by atoms with van der Waals surface area (Å²) in [7, 11) is 4.03. The first-order valence-electron chi connectivity index (χ1n) is 6.94. The van der Waals surface area contributed by atoms with Crippen molar-refractivity contribution < 1.29 is 19.4 Å². The molecular formula is C15H20N2O4. The first-order valence-corrected chi connectivity index (χ1v) is 6.94. The quantitative estimate of drug-likeness (QED) is 0.804. The number of benzene rings is 1. The predicted molar refractivity (Wildman–Crippen MR) is 79.0 cm³/mol. The van der Waals surface area contributed by atoms with Crippen LogP contribution in [0.2, 0.25) is 0 Å². The van der Waals surface area contributed by atoms with E-state index in [-0.39, 0.29) is 18.1 Å². The molecule has 1 aliphatic rings. The number of carboxylic acid groups (broad SMARTS) is 1. The predicted octanol–water partition coefficient (Wildman–Crippen LogP) is 1.45. The van der Waals surface area contributed by atoms with E-state index in [9.17, 15) is 9.59 Å². The van der Waals surface area contributed by atoms with Gasteiger partial charge in [-0.05, 0) is 51.7 Å². The summed E-state index contributed by atoms with van der Waals surface area (Å²) >= 11 is 0. The fraction of sp³-hybridized carbons (Fsp3) is 0.467. The number of aromatic carboxylic acids is 1. The van der Waals surface area contributed by atoms with Crippen LogP contribution < -0.4 is 9.64 Å². The van der Waals surface area contributed by atoms with Crippen molar-refractivity contribution >= 4 is 17.6 Å². The summed E-state index contributed by atoms with van der Waals surface area (Å²) in [5, 5.41) is 8.99. The summed E-state index contributed by atoms with van der Waals surface area (Å²) in [6.07, 6.45) is 1.89. The highest BCUT2D eigenvalue weighted by atomic mass is 16.5. The van der Waals surface area contributed by atoms with Crippen molar-refractivity contribution in [2.24, 2.45) is 0 Å². The molecule has 0 aliphatic carbocycles. The Morgan fingerprint density at radius 3 is 2.81 bits per heavy atom. The fourth-order valence-corrected chi connectivity index (χ4v) is 2.28. The molecule has 1 N–H and O–H groups in total. The second-order valence-electron chi connectivity index (χ2n) is 5.33. The van der Waals surface area contributed by atoms with E-state index in [4.69, 9.17) is 9.84 Å². The van der Waals surface area contributed by atoms with Gasteiger partial charge in [-0.1, -0.05) is 0 Å². The average Bonchev–Trinajstić information content (AvgIpc) is 2.44. The van der Waals surface area contributed by atoms with E-state index in [2.05, 4.69) is 4.90 Å². The van der Waals surface area contributed by atoms with Gasteiger partial charge in [0.15, 0.2) is 6.61 Å². The number of rotatable bonds is 6. The molecule has 1 aliphatic heterocycles. The van der Waals surface area contributed by atoms with Crippen molar-refractivity contribution in [3.63, 3.8) is 0 Å². The molecule has 1 heterocycles. The van der Waals surface area contributed by atoms with Gasteiger partial charge in [0, 0.05) is 6.54 Å². The smallest absolute Gasteiger partial charge is 0.335 e. The number of amides is 1. The van der Waals surface area contributed by atoms with Gasteiger partial charge in [-0.15, -0.1) is 0 Å². The van der Waals surface area contributed by atoms with Gasteiger partial charge in [0.05, 0.1) is 11.3 Å². The number of hydrogen-bond donors (Lipinski definition) is 1. The van der Waals surface area contributed by atoms with Gasteiger partial charge in [0.25, 0.3) is 5.91 Å². The van der Waals surface area contributed by atoms with Gasteiger partial charge in [0.1, 0.15) is 5.75 Å². The van der Waals surface area contributed by atoms with Crippen molar-refractivity contribution in [1.29, 1.82) is 0 Å². The Morgan fingerprint density at radius 1 is 1.38 bits per heavy atom. The lowest BCUT2D eigenvalue weighted by Crippen LogP contribution is -2.39. The highest BCUT2D eigenvalue weighted by Gasteiger charge is 2.25. The second kappa shape index (κ2) is 6.58. The molecule has 0 bridgehead atoms. The van der Waals surface area contributed by atoms with Crippen molar-refractivity contribution in [2.45, 2.75) is 12.8 Å². The number of nitrogens with zero attached hydrogens (tertiary/aromatic N) is 2. The minimum Gasteiger partial charge on any atom is -0.482 e. The van der Waals surface area contributed by atoms with Crippen LogP contribution in [0.4, 0.5) is 5.69 Å². The van der Waals surface area contributed by atoms with Crippen molar-refractivity contribution in [3.05, 3.63) is 23.8 Å². The molecule has 1 aromatic rings. The van der Waals surface area contributed by atoms with Crippen LogP contribution in [-0.4, -0.2) is 55.7 Å². The average molecular weight is 292 g/mol. The summed E-state index contributed by atoms with van der Waals surface area (Å²) in [4.78, 5) is 26.7. The molecule has 0 fully saturated rings. The van der Waals surface area contributed by atoms with Crippen molar-refractivity contribution in [3.8, 4) is 5.75 Å². The highest BCUT2D eigenvalue weighted by molar-refractivity contribution is 5.99.